The van der Waals surface area contributed by atoms with Gasteiger partial charge in [-0.15, -0.1) is 0 Å². The highest BCUT2D eigenvalue weighted by molar-refractivity contribution is 6.30. The van der Waals surface area contributed by atoms with Crippen molar-refractivity contribution in [3.05, 3.63) is 59.8 Å². The third-order valence-corrected chi connectivity index (χ3v) is 6.15. The van der Waals surface area contributed by atoms with E-state index in [9.17, 15) is 9.90 Å². The van der Waals surface area contributed by atoms with Crippen molar-refractivity contribution in [2.24, 2.45) is 0 Å². The van der Waals surface area contributed by atoms with E-state index >= 15 is 0 Å². The van der Waals surface area contributed by atoms with Crippen LogP contribution in [0.5, 0.6) is 5.88 Å². The van der Waals surface area contributed by atoms with E-state index in [1.165, 1.54) is 6.20 Å². The maximum Gasteiger partial charge on any atom is 0.327 e. The molecule has 34 heavy (non-hydrogen) atoms. The van der Waals surface area contributed by atoms with Crippen LogP contribution >= 0.6 is 11.6 Å². The van der Waals surface area contributed by atoms with E-state index < -0.39 is 12.7 Å². The lowest BCUT2D eigenvalue weighted by Crippen LogP contribution is -2.48. The Morgan fingerprint density at radius 3 is 2.97 bits per heavy atom. The molecule has 2 aliphatic rings. The van der Waals surface area contributed by atoms with Crippen LogP contribution in [0.25, 0.3) is 11.3 Å². The molecule has 2 atom stereocenters. The predicted octanol–water partition coefficient (Wildman–Crippen LogP) is 3.16. The standard InChI is InChI=1S/C24H24ClN5O4/c25-16-3-1-2-15(10-16)20-4-5-21-23(28-20)30(18-7-9-29(21)12-18)24(33)27-17-6-8-26-22(11-17)34-14-19(32)13-31/h1-6,8,10-11,18-19,31-32H,7,9,12-14H2,(H,26,27,33)/t18-,19+/m0/s1. The molecule has 2 aliphatic heterocycles. The van der Waals surface area contributed by atoms with Gasteiger partial charge in [-0.3, -0.25) is 4.90 Å². The summed E-state index contributed by atoms with van der Waals surface area (Å²) in [5.74, 6) is 0.845. The molecule has 0 aliphatic carbocycles. The molecule has 0 spiro atoms. The molecule has 5 rings (SSSR count). The molecule has 3 N–H and O–H groups in total. The number of ether oxygens (including phenoxy) is 1. The van der Waals surface area contributed by atoms with Gasteiger partial charge in [0.1, 0.15) is 12.7 Å². The molecule has 176 valence electrons. The van der Waals surface area contributed by atoms with Gasteiger partial charge in [-0.25, -0.2) is 14.8 Å². The van der Waals surface area contributed by atoms with Crippen molar-refractivity contribution < 1.29 is 19.7 Å². The van der Waals surface area contributed by atoms with Gasteiger partial charge in [0.05, 0.1) is 24.0 Å². The van der Waals surface area contributed by atoms with Crippen molar-refractivity contribution in [2.45, 2.75) is 18.6 Å². The van der Waals surface area contributed by atoms with Crippen molar-refractivity contribution >= 4 is 34.8 Å². The van der Waals surface area contributed by atoms with Gasteiger partial charge in [0, 0.05) is 41.6 Å². The van der Waals surface area contributed by atoms with Gasteiger partial charge in [0.15, 0.2) is 5.82 Å². The lowest BCUT2D eigenvalue weighted by atomic mass is 10.1. The molecule has 2 amide bonds. The molecule has 10 heteroatoms. The number of nitrogens with zero attached hydrogens (tertiary/aromatic N) is 4. The fourth-order valence-corrected chi connectivity index (χ4v) is 4.45. The number of aliphatic hydroxyl groups is 2. The lowest BCUT2D eigenvalue weighted by Gasteiger charge is -2.36. The zero-order valence-corrected chi connectivity index (χ0v) is 19.0. The summed E-state index contributed by atoms with van der Waals surface area (Å²) >= 11 is 6.17. The van der Waals surface area contributed by atoms with Crippen LogP contribution in [0.3, 0.4) is 0 Å². The molecular formula is C24H24ClN5O4. The highest BCUT2D eigenvalue weighted by Gasteiger charge is 2.40. The Hall–Kier alpha value is -3.40. The monoisotopic (exact) mass is 481 g/mol. The Morgan fingerprint density at radius 2 is 2.15 bits per heavy atom. The number of hydrogen-bond acceptors (Lipinski definition) is 7. The number of nitrogens with one attached hydrogen (secondary N) is 1. The number of benzene rings is 1. The summed E-state index contributed by atoms with van der Waals surface area (Å²) in [6.07, 6.45) is 1.35. The summed E-state index contributed by atoms with van der Waals surface area (Å²) in [5.41, 5.74) is 3.04. The maximum atomic E-state index is 13.4. The molecule has 0 radical (unpaired) electrons. The predicted molar refractivity (Wildman–Crippen MR) is 130 cm³/mol. The van der Waals surface area contributed by atoms with Crippen molar-refractivity contribution in [1.82, 2.24) is 9.97 Å². The lowest BCUT2D eigenvalue weighted by molar-refractivity contribution is 0.0521. The fraction of sp³-hybridized carbons (Fsp3) is 0.292. The molecule has 0 saturated carbocycles. The second-order valence-electron chi connectivity index (χ2n) is 8.27. The van der Waals surface area contributed by atoms with Crippen LogP contribution in [-0.4, -0.2) is 64.7 Å². The average Bonchev–Trinajstić information content (AvgIpc) is 3.26. The number of carbonyl (C=O) groups excluding carboxylic acids is 1. The molecule has 2 bridgehead atoms. The van der Waals surface area contributed by atoms with Gasteiger partial charge in [-0.2, -0.15) is 0 Å². The Bertz CT molecular complexity index is 1210. The number of aromatic nitrogens is 2. The zero-order chi connectivity index (χ0) is 23.7. The largest absolute Gasteiger partial charge is 0.475 e. The quantitative estimate of drug-likeness (QED) is 0.496. The van der Waals surface area contributed by atoms with Crippen LogP contribution < -0.4 is 19.9 Å². The topological polar surface area (TPSA) is 111 Å². The third-order valence-electron chi connectivity index (χ3n) is 5.91. The van der Waals surface area contributed by atoms with Gasteiger partial charge in [-0.05, 0) is 36.8 Å². The molecule has 4 heterocycles. The SMILES string of the molecule is O=C(Nc1ccnc(OC[C@H](O)CO)c1)N1c2nc(-c3cccc(Cl)c3)ccc2N2CC[C@H]1C2. The van der Waals surface area contributed by atoms with Crippen molar-refractivity contribution in [1.29, 1.82) is 0 Å². The van der Waals surface area contributed by atoms with E-state index in [4.69, 9.17) is 26.4 Å². The number of fused-ring (bicyclic) bond motifs is 4. The van der Waals surface area contributed by atoms with E-state index in [0.29, 0.717) is 16.5 Å². The number of carbonyl (C=O) groups is 1. The van der Waals surface area contributed by atoms with Gasteiger partial charge in [-0.1, -0.05) is 23.7 Å². The summed E-state index contributed by atoms with van der Waals surface area (Å²) < 4.78 is 5.39. The summed E-state index contributed by atoms with van der Waals surface area (Å²) in [6.45, 7) is 1.10. The van der Waals surface area contributed by atoms with Crippen molar-refractivity contribution in [3.63, 3.8) is 0 Å². The first-order chi connectivity index (χ1) is 16.5. The molecule has 3 aromatic rings. The number of aliphatic hydroxyl groups excluding tert-OH is 2. The minimum Gasteiger partial charge on any atom is -0.475 e. The minimum atomic E-state index is -1.00. The van der Waals surface area contributed by atoms with Crippen LogP contribution in [0.15, 0.2) is 54.7 Å². The Morgan fingerprint density at radius 1 is 1.26 bits per heavy atom. The fourth-order valence-electron chi connectivity index (χ4n) is 4.26. The molecular weight excluding hydrogens is 458 g/mol. The van der Waals surface area contributed by atoms with Gasteiger partial charge >= 0.3 is 6.03 Å². The molecule has 1 fully saturated rings. The van der Waals surface area contributed by atoms with Gasteiger partial charge in [0.25, 0.3) is 0 Å². The van der Waals surface area contributed by atoms with Crippen LogP contribution in [0.4, 0.5) is 22.0 Å². The Kier molecular flexibility index (Phi) is 6.23. The summed E-state index contributed by atoms with van der Waals surface area (Å²) in [7, 11) is 0. The zero-order valence-electron chi connectivity index (χ0n) is 18.3. The third kappa shape index (κ3) is 4.50. The number of hydrogen-bond donors (Lipinski definition) is 3. The maximum absolute atomic E-state index is 13.4. The van der Waals surface area contributed by atoms with Crippen LogP contribution in [0.1, 0.15) is 6.42 Å². The number of urea groups is 1. The second kappa shape index (κ2) is 9.46. The van der Waals surface area contributed by atoms with E-state index in [1.54, 1.807) is 17.0 Å². The number of pyridine rings is 2. The molecule has 1 saturated heterocycles. The number of rotatable bonds is 6. The van der Waals surface area contributed by atoms with E-state index in [-0.39, 0.29) is 24.6 Å². The van der Waals surface area contributed by atoms with Gasteiger partial charge in [0.2, 0.25) is 5.88 Å². The van der Waals surface area contributed by atoms with Crippen LogP contribution in [0.2, 0.25) is 5.02 Å². The highest BCUT2D eigenvalue weighted by Crippen LogP contribution is 2.40. The molecule has 0 unspecified atom stereocenters. The smallest absolute Gasteiger partial charge is 0.327 e. The van der Waals surface area contributed by atoms with Crippen LogP contribution in [0, 0.1) is 0 Å². The average molecular weight is 482 g/mol. The first-order valence-corrected chi connectivity index (χ1v) is 11.4. The van der Waals surface area contributed by atoms with E-state index in [1.807, 2.05) is 36.4 Å². The minimum absolute atomic E-state index is 0.00636. The molecule has 9 nitrogen and oxygen atoms in total. The first-order valence-electron chi connectivity index (χ1n) is 11.0. The summed E-state index contributed by atoms with van der Waals surface area (Å²) in [4.78, 5) is 26.4. The summed E-state index contributed by atoms with van der Waals surface area (Å²) in [5, 5.41) is 22.0. The van der Waals surface area contributed by atoms with Crippen molar-refractivity contribution in [2.75, 3.05) is 41.4 Å². The van der Waals surface area contributed by atoms with E-state index in [0.717, 1.165) is 36.5 Å². The Balaban J connectivity index is 1.41. The molecule has 2 aromatic heterocycles. The highest BCUT2D eigenvalue weighted by atomic mass is 35.5. The van der Waals surface area contributed by atoms with E-state index in [2.05, 4.69) is 15.2 Å². The van der Waals surface area contributed by atoms with Gasteiger partial charge < -0.3 is 25.2 Å². The van der Waals surface area contributed by atoms with Crippen LogP contribution in [-0.2, 0) is 0 Å². The van der Waals surface area contributed by atoms with Crippen molar-refractivity contribution in [3.8, 4) is 17.1 Å². The number of anilines is 3. The molecule has 1 aromatic carbocycles. The Labute approximate surface area is 201 Å². The normalized spacial score (nSPS) is 17.3. The number of halogens is 1. The first kappa shape index (κ1) is 22.4. The second-order valence-corrected chi connectivity index (χ2v) is 8.70. The number of amides is 2. The summed E-state index contributed by atoms with van der Waals surface area (Å²) in [6, 6.07) is 14.4.